The molecule has 2 aromatic carbocycles. The third-order valence-electron chi connectivity index (χ3n) is 3.70. The first-order valence-electron chi connectivity index (χ1n) is 8.00. The summed E-state index contributed by atoms with van der Waals surface area (Å²) in [5.74, 6) is -0.506. The number of Topliss-reactive ketones (excluding diaryl/α,β-unsaturated/α-hetero) is 1. The SMILES string of the molecule is CC(=O)NC(CC(=O)Oc1cccc(C(C)=O)c1)c1ccc(C)cc1. The first-order chi connectivity index (χ1) is 11.8. The Morgan fingerprint density at radius 1 is 1.04 bits per heavy atom. The van der Waals surface area contributed by atoms with E-state index in [0.717, 1.165) is 11.1 Å². The molecule has 0 aliphatic heterocycles. The number of carbonyl (C=O) groups excluding carboxylic acids is 3. The molecule has 0 aliphatic carbocycles. The molecule has 5 heteroatoms. The number of carbonyl (C=O) groups is 3. The normalized spacial score (nSPS) is 11.5. The molecule has 5 nitrogen and oxygen atoms in total. The van der Waals surface area contributed by atoms with Gasteiger partial charge >= 0.3 is 5.97 Å². The zero-order valence-electron chi connectivity index (χ0n) is 14.5. The molecule has 1 N–H and O–H groups in total. The largest absolute Gasteiger partial charge is 0.426 e. The fourth-order valence-corrected chi connectivity index (χ4v) is 2.41. The van der Waals surface area contributed by atoms with Gasteiger partial charge in [-0.25, -0.2) is 0 Å². The number of hydrogen-bond acceptors (Lipinski definition) is 4. The highest BCUT2D eigenvalue weighted by atomic mass is 16.5. The van der Waals surface area contributed by atoms with Crippen LogP contribution in [0, 0.1) is 6.92 Å². The minimum Gasteiger partial charge on any atom is -0.426 e. The summed E-state index contributed by atoms with van der Waals surface area (Å²) in [4.78, 5) is 35.1. The Morgan fingerprint density at radius 3 is 2.32 bits per heavy atom. The van der Waals surface area contributed by atoms with Crippen LogP contribution >= 0.6 is 0 Å². The summed E-state index contributed by atoms with van der Waals surface area (Å²) in [5.41, 5.74) is 2.39. The Labute approximate surface area is 147 Å². The lowest BCUT2D eigenvalue weighted by atomic mass is 10.0. The number of benzene rings is 2. The number of rotatable bonds is 6. The molecule has 0 spiro atoms. The van der Waals surface area contributed by atoms with Gasteiger partial charge in [-0.05, 0) is 31.5 Å². The molecule has 0 radical (unpaired) electrons. The summed E-state index contributed by atoms with van der Waals surface area (Å²) in [7, 11) is 0. The maximum atomic E-state index is 12.3. The van der Waals surface area contributed by atoms with Crippen LogP contribution in [0.25, 0.3) is 0 Å². The van der Waals surface area contributed by atoms with E-state index in [1.54, 1.807) is 18.2 Å². The van der Waals surface area contributed by atoms with Crippen molar-refractivity contribution in [2.75, 3.05) is 0 Å². The summed E-state index contributed by atoms with van der Waals surface area (Å²) < 4.78 is 5.32. The van der Waals surface area contributed by atoms with Crippen LogP contribution in [-0.2, 0) is 9.59 Å². The summed E-state index contributed by atoms with van der Waals surface area (Å²) in [5, 5.41) is 2.77. The topological polar surface area (TPSA) is 72.5 Å². The van der Waals surface area contributed by atoms with Crippen molar-refractivity contribution >= 4 is 17.7 Å². The summed E-state index contributed by atoms with van der Waals surface area (Å²) >= 11 is 0. The molecular weight excluding hydrogens is 318 g/mol. The molecule has 0 aliphatic rings. The van der Waals surface area contributed by atoms with E-state index in [1.165, 1.54) is 19.9 Å². The minimum atomic E-state index is -0.486. The smallest absolute Gasteiger partial charge is 0.313 e. The van der Waals surface area contributed by atoms with Crippen molar-refractivity contribution in [3.05, 3.63) is 65.2 Å². The van der Waals surface area contributed by atoms with Crippen LogP contribution < -0.4 is 10.1 Å². The van der Waals surface area contributed by atoms with Gasteiger partial charge in [0, 0.05) is 12.5 Å². The second kappa shape index (κ2) is 8.24. The molecule has 2 rings (SSSR count). The molecule has 0 saturated carbocycles. The van der Waals surface area contributed by atoms with Gasteiger partial charge in [-0.1, -0.05) is 42.0 Å². The number of aryl methyl sites for hydroxylation is 1. The zero-order chi connectivity index (χ0) is 18.4. The maximum absolute atomic E-state index is 12.3. The van der Waals surface area contributed by atoms with E-state index in [1.807, 2.05) is 31.2 Å². The average Bonchev–Trinajstić information content (AvgIpc) is 2.54. The van der Waals surface area contributed by atoms with Crippen LogP contribution in [0.4, 0.5) is 0 Å². The lowest BCUT2D eigenvalue weighted by Crippen LogP contribution is -2.29. The highest BCUT2D eigenvalue weighted by Gasteiger charge is 2.18. The monoisotopic (exact) mass is 339 g/mol. The third kappa shape index (κ3) is 5.57. The zero-order valence-corrected chi connectivity index (χ0v) is 14.5. The second-order valence-corrected chi connectivity index (χ2v) is 5.93. The number of ether oxygens (including phenoxy) is 1. The fourth-order valence-electron chi connectivity index (χ4n) is 2.41. The molecule has 0 aromatic heterocycles. The van der Waals surface area contributed by atoms with Crippen molar-refractivity contribution in [1.29, 1.82) is 0 Å². The van der Waals surface area contributed by atoms with E-state index >= 15 is 0 Å². The Bertz CT molecular complexity index is 781. The molecule has 0 heterocycles. The lowest BCUT2D eigenvalue weighted by molar-refractivity contribution is -0.135. The molecule has 130 valence electrons. The van der Waals surface area contributed by atoms with Gasteiger partial charge in [-0.3, -0.25) is 14.4 Å². The van der Waals surface area contributed by atoms with Crippen LogP contribution in [0.2, 0.25) is 0 Å². The fraction of sp³-hybridized carbons (Fsp3) is 0.250. The van der Waals surface area contributed by atoms with Gasteiger partial charge in [-0.2, -0.15) is 0 Å². The van der Waals surface area contributed by atoms with Gasteiger partial charge in [0.25, 0.3) is 0 Å². The van der Waals surface area contributed by atoms with Gasteiger partial charge in [0.05, 0.1) is 12.5 Å². The predicted molar refractivity (Wildman–Crippen MR) is 94.4 cm³/mol. The quantitative estimate of drug-likeness (QED) is 0.497. The Balaban J connectivity index is 2.11. The van der Waals surface area contributed by atoms with Crippen molar-refractivity contribution in [2.24, 2.45) is 0 Å². The average molecular weight is 339 g/mol. The van der Waals surface area contributed by atoms with E-state index in [2.05, 4.69) is 5.32 Å². The Morgan fingerprint density at radius 2 is 1.72 bits per heavy atom. The highest BCUT2D eigenvalue weighted by molar-refractivity contribution is 5.94. The van der Waals surface area contributed by atoms with Gasteiger partial charge < -0.3 is 10.1 Å². The van der Waals surface area contributed by atoms with Crippen molar-refractivity contribution in [3.8, 4) is 5.75 Å². The molecular formula is C20H21NO4. The van der Waals surface area contributed by atoms with Gasteiger partial charge in [0.15, 0.2) is 5.78 Å². The molecule has 0 fully saturated rings. The van der Waals surface area contributed by atoms with Crippen LogP contribution in [0.1, 0.15) is 47.8 Å². The molecule has 1 unspecified atom stereocenters. The Kier molecular flexibility index (Phi) is 6.06. The molecule has 2 aromatic rings. The number of hydrogen-bond donors (Lipinski definition) is 1. The Hall–Kier alpha value is -2.95. The van der Waals surface area contributed by atoms with Crippen LogP contribution in [0.5, 0.6) is 5.75 Å². The molecule has 1 amide bonds. The number of ketones is 1. The highest BCUT2D eigenvalue weighted by Crippen LogP contribution is 2.20. The third-order valence-corrected chi connectivity index (χ3v) is 3.70. The number of esters is 1. The van der Waals surface area contributed by atoms with Crippen molar-refractivity contribution in [3.63, 3.8) is 0 Å². The van der Waals surface area contributed by atoms with Gasteiger partial charge in [0.2, 0.25) is 5.91 Å². The van der Waals surface area contributed by atoms with E-state index in [0.29, 0.717) is 11.3 Å². The van der Waals surface area contributed by atoms with Crippen molar-refractivity contribution in [1.82, 2.24) is 5.32 Å². The van der Waals surface area contributed by atoms with E-state index in [-0.39, 0.29) is 18.1 Å². The lowest BCUT2D eigenvalue weighted by Gasteiger charge is -2.18. The predicted octanol–water partition coefficient (Wildman–Crippen LogP) is 3.37. The van der Waals surface area contributed by atoms with E-state index in [4.69, 9.17) is 4.74 Å². The van der Waals surface area contributed by atoms with Crippen molar-refractivity contribution < 1.29 is 19.1 Å². The maximum Gasteiger partial charge on any atom is 0.313 e. The van der Waals surface area contributed by atoms with E-state index < -0.39 is 12.0 Å². The molecule has 0 bridgehead atoms. The summed E-state index contributed by atoms with van der Waals surface area (Å²) in [6, 6.07) is 13.6. The van der Waals surface area contributed by atoms with Crippen LogP contribution in [0.15, 0.2) is 48.5 Å². The summed E-state index contributed by atoms with van der Waals surface area (Å²) in [6.45, 7) is 4.82. The van der Waals surface area contributed by atoms with Crippen LogP contribution in [-0.4, -0.2) is 17.7 Å². The summed E-state index contributed by atoms with van der Waals surface area (Å²) in [6.07, 6.45) is -0.00700. The van der Waals surface area contributed by atoms with Crippen molar-refractivity contribution in [2.45, 2.75) is 33.2 Å². The first kappa shape index (κ1) is 18.4. The first-order valence-corrected chi connectivity index (χ1v) is 8.00. The second-order valence-electron chi connectivity index (χ2n) is 5.93. The standard InChI is InChI=1S/C20H21NO4/c1-13-7-9-16(10-8-13)19(21-15(3)23)12-20(24)25-18-6-4-5-17(11-18)14(2)22/h4-11,19H,12H2,1-3H3,(H,21,23). The molecule has 0 saturated heterocycles. The number of nitrogens with one attached hydrogen (secondary N) is 1. The van der Waals surface area contributed by atoms with Gasteiger partial charge in [0.1, 0.15) is 5.75 Å². The number of amides is 1. The van der Waals surface area contributed by atoms with Gasteiger partial charge in [-0.15, -0.1) is 0 Å². The molecule has 25 heavy (non-hydrogen) atoms. The van der Waals surface area contributed by atoms with E-state index in [9.17, 15) is 14.4 Å². The molecule has 1 atom stereocenters. The minimum absolute atomic E-state index is 0.00700. The van der Waals surface area contributed by atoms with Crippen LogP contribution in [0.3, 0.4) is 0 Å².